The van der Waals surface area contributed by atoms with Crippen LogP contribution in [-0.4, -0.2) is 23.7 Å². The van der Waals surface area contributed by atoms with E-state index >= 15 is 0 Å². The highest BCUT2D eigenvalue weighted by molar-refractivity contribution is 7.98. The zero-order chi connectivity index (χ0) is 14.5. The molecule has 108 valence electrons. The quantitative estimate of drug-likeness (QED) is 0.627. The Balaban J connectivity index is 2.14. The summed E-state index contributed by atoms with van der Waals surface area (Å²) in [6, 6.07) is 6.05. The number of benzene rings is 1. The van der Waals surface area contributed by atoms with E-state index in [-0.39, 0.29) is 0 Å². The van der Waals surface area contributed by atoms with Crippen LogP contribution < -0.4 is 11.1 Å². The summed E-state index contributed by atoms with van der Waals surface area (Å²) >= 11 is 1.86. The molecule has 1 aromatic carbocycles. The van der Waals surface area contributed by atoms with Crippen LogP contribution in [0.4, 0.5) is 11.4 Å². The molecular formula is C15H21N3OS. The van der Waals surface area contributed by atoms with Crippen LogP contribution in [0.1, 0.15) is 17.9 Å². The van der Waals surface area contributed by atoms with Gasteiger partial charge < -0.3 is 15.6 Å². The van der Waals surface area contributed by atoms with Gasteiger partial charge in [-0.25, -0.2) is 0 Å². The molecule has 0 spiro atoms. The fraction of sp³-hybridized carbons (Fsp3) is 0.400. The number of aryl methyl sites for hydroxylation is 2. The van der Waals surface area contributed by atoms with E-state index in [0.29, 0.717) is 0 Å². The SMILES string of the molecule is CSCCCNc1ccc(-c2c(C)noc2C)cc1N. The van der Waals surface area contributed by atoms with E-state index in [1.807, 2.05) is 37.7 Å². The molecule has 0 unspecified atom stereocenters. The minimum Gasteiger partial charge on any atom is -0.397 e. The molecule has 2 rings (SSSR count). The fourth-order valence-corrected chi connectivity index (χ4v) is 2.65. The van der Waals surface area contributed by atoms with Crippen molar-refractivity contribution in [2.24, 2.45) is 0 Å². The first-order valence-corrected chi connectivity index (χ1v) is 8.08. The van der Waals surface area contributed by atoms with Crippen molar-refractivity contribution in [1.29, 1.82) is 0 Å². The molecule has 0 aliphatic carbocycles. The van der Waals surface area contributed by atoms with Crippen LogP contribution in [-0.2, 0) is 0 Å². The second-order valence-electron chi connectivity index (χ2n) is 4.77. The van der Waals surface area contributed by atoms with Crippen molar-refractivity contribution in [1.82, 2.24) is 5.16 Å². The van der Waals surface area contributed by atoms with Gasteiger partial charge in [-0.05, 0) is 50.0 Å². The van der Waals surface area contributed by atoms with Crippen LogP contribution in [0, 0.1) is 13.8 Å². The summed E-state index contributed by atoms with van der Waals surface area (Å²) < 4.78 is 5.20. The van der Waals surface area contributed by atoms with E-state index < -0.39 is 0 Å². The van der Waals surface area contributed by atoms with Crippen LogP contribution in [0.3, 0.4) is 0 Å². The second-order valence-corrected chi connectivity index (χ2v) is 5.76. The maximum absolute atomic E-state index is 6.12. The van der Waals surface area contributed by atoms with Gasteiger partial charge in [0.1, 0.15) is 5.76 Å². The highest BCUT2D eigenvalue weighted by Gasteiger charge is 2.12. The van der Waals surface area contributed by atoms with Crippen molar-refractivity contribution in [3.63, 3.8) is 0 Å². The molecule has 0 bridgehead atoms. The van der Waals surface area contributed by atoms with Gasteiger partial charge in [0.05, 0.1) is 17.1 Å². The third kappa shape index (κ3) is 3.28. The van der Waals surface area contributed by atoms with Crippen LogP contribution in [0.15, 0.2) is 22.7 Å². The molecule has 0 saturated heterocycles. The molecule has 1 heterocycles. The Labute approximate surface area is 124 Å². The van der Waals surface area contributed by atoms with Gasteiger partial charge in [-0.2, -0.15) is 11.8 Å². The van der Waals surface area contributed by atoms with E-state index in [9.17, 15) is 0 Å². The van der Waals surface area contributed by atoms with E-state index in [4.69, 9.17) is 10.3 Å². The maximum atomic E-state index is 6.12. The number of aromatic nitrogens is 1. The first-order chi connectivity index (χ1) is 9.63. The van der Waals surface area contributed by atoms with E-state index in [0.717, 1.165) is 52.7 Å². The van der Waals surface area contributed by atoms with Crippen LogP contribution >= 0.6 is 11.8 Å². The number of rotatable bonds is 6. The van der Waals surface area contributed by atoms with Crippen LogP contribution in [0.5, 0.6) is 0 Å². The van der Waals surface area contributed by atoms with Gasteiger partial charge in [-0.3, -0.25) is 0 Å². The Morgan fingerprint density at radius 1 is 1.35 bits per heavy atom. The van der Waals surface area contributed by atoms with Gasteiger partial charge in [-0.1, -0.05) is 11.2 Å². The average Bonchev–Trinajstić information content (AvgIpc) is 2.76. The number of anilines is 2. The summed E-state index contributed by atoms with van der Waals surface area (Å²) in [5, 5.41) is 7.35. The number of hydrogen-bond donors (Lipinski definition) is 2. The fourth-order valence-electron chi connectivity index (χ4n) is 2.21. The Kier molecular flexibility index (Phi) is 4.95. The zero-order valence-corrected chi connectivity index (χ0v) is 13.0. The number of hydrogen-bond acceptors (Lipinski definition) is 5. The molecule has 0 fully saturated rings. The summed E-state index contributed by atoms with van der Waals surface area (Å²) in [4.78, 5) is 0. The highest BCUT2D eigenvalue weighted by Crippen LogP contribution is 2.31. The first-order valence-electron chi connectivity index (χ1n) is 6.69. The molecule has 4 nitrogen and oxygen atoms in total. The number of nitrogens with two attached hydrogens (primary N) is 1. The minimum atomic E-state index is 0.756. The first kappa shape index (κ1) is 14.8. The van der Waals surface area contributed by atoms with Crippen LogP contribution in [0.2, 0.25) is 0 Å². The van der Waals surface area contributed by atoms with Gasteiger partial charge >= 0.3 is 0 Å². The summed E-state index contributed by atoms with van der Waals surface area (Å²) in [6.07, 6.45) is 3.25. The molecule has 3 N–H and O–H groups in total. The van der Waals surface area contributed by atoms with Crippen molar-refractivity contribution < 1.29 is 4.52 Å². The zero-order valence-electron chi connectivity index (χ0n) is 12.2. The van der Waals surface area contributed by atoms with Crippen molar-refractivity contribution in [2.75, 3.05) is 29.6 Å². The normalized spacial score (nSPS) is 10.8. The number of nitrogens with zero attached hydrogens (tertiary/aromatic N) is 1. The van der Waals surface area contributed by atoms with Crippen molar-refractivity contribution in [3.05, 3.63) is 29.7 Å². The predicted molar refractivity (Wildman–Crippen MR) is 87.3 cm³/mol. The lowest BCUT2D eigenvalue weighted by atomic mass is 10.0. The monoisotopic (exact) mass is 291 g/mol. The molecule has 0 aliphatic heterocycles. The molecule has 0 radical (unpaired) electrons. The Bertz CT molecular complexity index is 561. The molecule has 5 heteroatoms. The van der Waals surface area contributed by atoms with E-state index in [1.54, 1.807) is 0 Å². The molecule has 1 aromatic heterocycles. The molecule has 0 aliphatic rings. The number of thioether (sulfide) groups is 1. The molecule has 0 saturated carbocycles. The van der Waals surface area contributed by atoms with Crippen molar-refractivity contribution in [2.45, 2.75) is 20.3 Å². The summed E-state index contributed by atoms with van der Waals surface area (Å²) in [5.41, 5.74) is 10.8. The Hall–Kier alpha value is -1.62. The second kappa shape index (κ2) is 6.70. The molecule has 0 amide bonds. The molecular weight excluding hydrogens is 270 g/mol. The predicted octanol–water partition coefficient (Wildman–Crippen LogP) is 3.71. The lowest BCUT2D eigenvalue weighted by molar-refractivity contribution is 0.393. The smallest absolute Gasteiger partial charge is 0.141 e. The summed E-state index contributed by atoms with van der Waals surface area (Å²) in [7, 11) is 0. The van der Waals surface area contributed by atoms with Crippen molar-refractivity contribution in [3.8, 4) is 11.1 Å². The molecule has 20 heavy (non-hydrogen) atoms. The molecule has 0 atom stereocenters. The van der Waals surface area contributed by atoms with Gasteiger partial charge in [0.2, 0.25) is 0 Å². The average molecular weight is 291 g/mol. The van der Waals surface area contributed by atoms with Crippen LogP contribution in [0.25, 0.3) is 11.1 Å². The topological polar surface area (TPSA) is 64.1 Å². The van der Waals surface area contributed by atoms with E-state index in [1.165, 1.54) is 0 Å². The molecule has 2 aromatic rings. The Morgan fingerprint density at radius 2 is 2.15 bits per heavy atom. The van der Waals surface area contributed by atoms with Crippen molar-refractivity contribution >= 4 is 23.1 Å². The van der Waals surface area contributed by atoms with Gasteiger partial charge in [0, 0.05) is 12.1 Å². The minimum absolute atomic E-state index is 0.756. The highest BCUT2D eigenvalue weighted by atomic mass is 32.2. The standard InChI is InChI=1S/C15H21N3OS/c1-10-15(11(2)19-18-10)12-5-6-14(13(16)9-12)17-7-4-8-20-3/h5-6,9,17H,4,7-8,16H2,1-3H3. The summed E-state index contributed by atoms with van der Waals surface area (Å²) in [6.45, 7) is 4.80. The third-order valence-electron chi connectivity index (χ3n) is 3.21. The largest absolute Gasteiger partial charge is 0.397 e. The Morgan fingerprint density at radius 3 is 2.75 bits per heavy atom. The van der Waals surface area contributed by atoms with Gasteiger partial charge in [0.25, 0.3) is 0 Å². The number of nitrogen functional groups attached to an aromatic ring is 1. The number of nitrogens with one attached hydrogen (secondary N) is 1. The van der Waals surface area contributed by atoms with Gasteiger partial charge in [-0.15, -0.1) is 0 Å². The van der Waals surface area contributed by atoms with E-state index in [2.05, 4.69) is 22.8 Å². The third-order valence-corrected chi connectivity index (χ3v) is 3.91. The lowest BCUT2D eigenvalue weighted by Crippen LogP contribution is -2.05. The lowest BCUT2D eigenvalue weighted by Gasteiger charge is -2.10. The maximum Gasteiger partial charge on any atom is 0.141 e. The summed E-state index contributed by atoms with van der Waals surface area (Å²) in [5.74, 6) is 1.98. The van der Waals surface area contributed by atoms with Gasteiger partial charge in [0.15, 0.2) is 0 Å².